The van der Waals surface area contributed by atoms with Gasteiger partial charge in [0.25, 0.3) is 0 Å². The Kier molecular flexibility index (Phi) is 4.74. The van der Waals surface area contributed by atoms with Gasteiger partial charge >= 0.3 is 0 Å². The second-order valence-corrected chi connectivity index (χ2v) is 5.54. The fraction of sp³-hybridized carbons (Fsp3) is 0.167. The number of para-hydroxylation sites is 1. The molecule has 2 aromatic heterocycles. The summed E-state index contributed by atoms with van der Waals surface area (Å²) in [6.45, 7) is 2.04. The van der Waals surface area contributed by atoms with Gasteiger partial charge in [-0.25, -0.2) is 13.9 Å². The topological polar surface area (TPSA) is 94.6 Å². The highest BCUT2D eigenvalue weighted by Gasteiger charge is 2.18. The quantitative estimate of drug-likeness (QED) is 0.699. The maximum Gasteiger partial charge on any atom is 0.151 e. The van der Waals surface area contributed by atoms with Crippen LogP contribution in [0.5, 0.6) is 0 Å². The van der Waals surface area contributed by atoms with Crippen LogP contribution < -0.4 is 11.5 Å². The minimum atomic E-state index is -0.378. The van der Waals surface area contributed by atoms with Crippen molar-refractivity contribution in [2.24, 2.45) is 10.7 Å². The molecule has 3 aromatic rings. The summed E-state index contributed by atoms with van der Waals surface area (Å²) in [5, 5.41) is 4.27. The lowest BCUT2D eigenvalue weighted by molar-refractivity contribution is 0.630. The van der Waals surface area contributed by atoms with Crippen LogP contribution in [0.4, 0.5) is 15.9 Å². The molecule has 0 fully saturated rings. The highest BCUT2D eigenvalue weighted by atomic mass is 19.1. The number of nitrogen functional groups attached to an aromatic ring is 1. The predicted molar refractivity (Wildman–Crippen MR) is 97.3 cm³/mol. The van der Waals surface area contributed by atoms with Crippen LogP contribution in [0.25, 0.3) is 5.52 Å². The molecule has 1 atom stereocenters. The first-order valence-corrected chi connectivity index (χ1v) is 7.94. The van der Waals surface area contributed by atoms with Crippen LogP contribution in [0.3, 0.4) is 0 Å². The summed E-state index contributed by atoms with van der Waals surface area (Å²) in [6, 6.07) is 10.2. The van der Waals surface area contributed by atoms with Crippen molar-refractivity contribution in [2.75, 3.05) is 5.73 Å². The summed E-state index contributed by atoms with van der Waals surface area (Å²) in [5.74, 6) is -0.0245. The number of rotatable bonds is 5. The normalized spacial score (nSPS) is 13.6. The van der Waals surface area contributed by atoms with Gasteiger partial charge in [0.1, 0.15) is 17.7 Å². The molecule has 0 bridgehead atoms. The van der Waals surface area contributed by atoms with Gasteiger partial charge in [-0.05, 0) is 42.5 Å². The Labute approximate surface area is 144 Å². The van der Waals surface area contributed by atoms with Gasteiger partial charge < -0.3 is 11.5 Å². The second kappa shape index (κ2) is 7.12. The molecular formula is C18H19FN6. The van der Waals surface area contributed by atoms with Gasteiger partial charge in [-0.1, -0.05) is 19.1 Å². The van der Waals surface area contributed by atoms with Crippen molar-refractivity contribution < 1.29 is 4.39 Å². The number of allylic oxidation sites excluding steroid dienone is 1. The Morgan fingerprint density at radius 1 is 1.32 bits per heavy atom. The number of fused-ring (bicyclic) bond motifs is 1. The summed E-state index contributed by atoms with van der Waals surface area (Å²) < 4.78 is 15.5. The predicted octanol–water partition coefficient (Wildman–Crippen LogP) is 3.19. The van der Waals surface area contributed by atoms with E-state index in [-0.39, 0.29) is 17.4 Å². The third kappa shape index (κ3) is 3.21. The van der Waals surface area contributed by atoms with Gasteiger partial charge in [0.15, 0.2) is 5.82 Å². The summed E-state index contributed by atoms with van der Waals surface area (Å²) in [7, 11) is 0. The number of benzene rings is 1. The molecule has 6 nitrogen and oxygen atoms in total. The summed E-state index contributed by atoms with van der Waals surface area (Å²) in [4.78, 5) is 8.23. The fourth-order valence-electron chi connectivity index (χ4n) is 2.80. The smallest absolute Gasteiger partial charge is 0.151 e. The van der Waals surface area contributed by atoms with E-state index in [0.29, 0.717) is 5.82 Å². The molecule has 0 spiro atoms. The van der Waals surface area contributed by atoms with Gasteiger partial charge in [0.05, 0.1) is 11.4 Å². The first-order chi connectivity index (χ1) is 12.2. The Morgan fingerprint density at radius 3 is 2.84 bits per heavy atom. The van der Waals surface area contributed by atoms with Crippen LogP contribution in [0.2, 0.25) is 0 Å². The maximum atomic E-state index is 13.8. The number of halogens is 1. The molecule has 0 radical (unpaired) electrons. The Hall–Kier alpha value is -3.22. The van der Waals surface area contributed by atoms with Crippen molar-refractivity contribution in [3.05, 3.63) is 66.0 Å². The third-order valence-electron chi connectivity index (χ3n) is 4.08. The number of anilines is 1. The van der Waals surface area contributed by atoms with Crippen molar-refractivity contribution in [3.8, 4) is 0 Å². The minimum Gasteiger partial charge on any atom is -0.404 e. The second-order valence-electron chi connectivity index (χ2n) is 5.54. The Morgan fingerprint density at radius 2 is 2.12 bits per heavy atom. The molecule has 25 heavy (non-hydrogen) atoms. The molecule has 7 heteroatoms. The van der Waals surface area contributed by atoms with Gasteiger partial charge in [0, 0.05) is 12.1 Å². The Balaban J connectivity index is 1.98. The molecular weight excluding hydrogens is 319 g/mol. The van der Waals surface area contributed by atoms with Crippen LogP contribution in [0.1, 0.15) is 25.0 Å². The van der Waals surface area contributed by atoms with E-state index in [1.807, 2.05) is 19.1 Å². The minimum absolute atomic E-state index is 0.0580. The number of nitrogens with zero attached hydrogens (tertiary/aromatic N) is 4. The number of aliphatic imine (C=N–C) groups is 1. The van der Waals surface area contributed by atoms with E-state index in [9.17, 15) is 4.39 Å². The molecule has 2 heterocycles. The molecule has 0 saturated carbocycles. The number of hydrogen-bond donors (Lipinski definition) is 2. The Bertz CT molecular complexity index is 944. The third-order valence-corrected chi connectivity index (χ3v) is 4.08. The first kappa shape index (κ1) is 16.6. The molecule has 3 rings (SSSR count). The van der Waals surface area contributed by atoms with E-state index in [4.69, 9.17) is 11.5 Å². The van der Waals surface area contributed by atoms with Gasteiger partial charge in [-0.3, -0.25) is 4.99 Å². The van der Waals surface area contributed by atoms with E-state index in [1.54, 1.807) is 28.9 Å². The average molecular weight is 338 g/mol. The molecule has 0 amide bonds. The standard InChI is InChI=1S/C18H19FN6/c1-2-13(16-7-8-17-18(21)23-11-24-25(16)17)12(9-20)10-22-15-6-4-3-5-14(15)19/h3-11,13H,2,20H2,1H3,(H2,21,23,24). The zero-order valence-corrected chi connectivity index (χ0v) is 13.8. The molecule has 0 aliphatic rings. The molecule has 128 valence electrons. The summed E-state index contributed by atoms with van der Waals surface area (Å²) in [6.07, 6.45) is 5.26. The van der Waals surface area contributed by atoms with Crippen molar-refractivity contribution in [3.63, 3.8) is 0 Å². The first-order valence-electron chi connectivity index (χ1n) is 7.94. The largest absolute Gasteiger partial charge is 0.404 e. The highest BCUT2D eigenvalue weighted by Crippen LogP contribution is 2.29. The number of aromatic nitrogens is 3. The van der Waals surface area contributed by atoms with E-state index in [1.165, 1.54) is 18.6 Å². The van der Waals surface area contributed by atoms with Crippen molar-refractivity contribution in [1.29, 1.82) is 0 Å². The van der Waals surface area contributed by atoms with Gasteiger partial charge in [0.2, 0.25) is 0 Å². The van der Waals surface area contributed by atoms with Crippen LogP contribution >= 0.6 is 0 Å². The summed E-state index contributed by atoms with van der Waals surface area (Å²) >= 11 is 0. The number of nitrogens with two attached hydrogens (primary N) is 2. The lowest BCUT2D eigenvalue weighted by atomic mass is 9.94. The highest BCUT2D eigenvalue weighted by molar-refractivity contribution is 5.83. The lowest BCUT2D eigenvalue weighted by Gasteiger charge is -2.15. The van der Waals surface area contributed by atoms with Crippen molar-refractivity contribution in [1.82, 2.24) is 14.6 Å². The van der Waals surface area contributed by atoms with E-state index in [2.05, 4.69) is 15.1 Å². The van der Waals surface area contributed by atoms with Gasteiger partial charge in [-0.15, -0.1) is 0 Å². The fourth-order valence-corrected chi connectivity index (χ4v) is 2.80. The van der Waals surface area contributed by atoms with Gasteiger partial charge in [-0.2, -0.15) is 5.10 Å². The monoisotopic (exact) mass is 338 g/mol. The number of hydrogen-bond acceptors (Lipinski definition) is 5. The average Bonchev–Trinajstić information content (AvgIpc) is 3.05. The zero-order valence-electron chi connectivity index (χ0n) is 13.8. The zero-order chi connectivity index (χ0) is 17.8. The van der Waals surface area contributed by atoms with Crippen LogP contribution in [-0.2, 0) is 0 Å². The van der Waals surface area contributed by atoms with E-state index in [0.717, 1.165) is 23.2 Å². The lowest BCUT2D eigenvalue weighted by Crippen LogP contribution is -2.10. The van der Waals surface area contributed by atoms with E-state index < -0.39 is 0 Å². The van der Waals surface area contributed by atoms with Crippen molar-refractivity contribution >= 4 is 23.2 Å². The molecule has 1 unspecified atom stereocenters. The van der Waals surface area contributed by atoms with Crippen LogP contribution in [0, 0.1) is 5.82 Å². The molecule has 0 saturated heterocycles. The molecule has 0 aliphatic heterocycles. The SMILES string of the molecule is CCC(C(C=Nc1ccccc1F)=CN)c1ccc2c(N)ncnn12. The molecule has 4 N–H and O–H groups in total. The van der Waals surface area contributed by atoms with E-state index >= 15 is 0 Å². The van der Waals surface area contributed by atoms with Crippen molar-refractivity contribution in [2.45, 2.75) is 19.3 Å². The maximum absolute atomic E-state index is 13.8. The summed E-state index contributed by atoms with van der Waals surface area (Å²) in [5.41, 5.74) is 14.4. The molecule has 1 aromatic carbocycles. The molecule has 0 aliphatic carbocycles. The van der Waals surface area contributed by atoms with Crippen LogP contribution in [0.15, 0.2) is 59.5 Å². The van der Waals surface area contributed by atoms with Crippen LogP contribution in [-0.4, -0.2) is 20.8 Å².